The van der Waals surface area contributed by atoms with Crippen LogP contribution in [0.4, 0.5) is 5.69 Å². The molecule has 1 saturated carbocycles. The van der Waals surface area contributed by atoms with Crippen molar-refractivity contribution in [3.05, 3.63) is 70.3 Å². The molecule has 2 bridgehead atoms. The Labute approximate surface area is 264 Å². The van der Waals surface area contributed by atoms with Crippen LogP contribution in [0.5, 0.6) is 5.75 Å². The van der Waals surface area contributed by atoms with Crippen molar-refractivity contribution in [3.8, 4) is 5.75 Å². The standard InChI is InChI=1S/C35H43ClN2O6/c1-37-16-5-3-4-8-30(39)27-12-9-24(27)20-38-21-34(15-6-7-23-17-26(36)11-13-28(23)34)22-44-31-14-10-25(18-29(31)38)35(42,19-32(37)40)33(41)43-2/h4,8,10-11,13-14,17-18,24,27,30,39,42H,3,5-7,9,12,15-16,19-22H2,1-2H3/b8-4+/t24-,27+,30-,34-,35+/m0/s1. The number of amides is 1. The molecule has 1 spiro atoms. The molecular formula is C35H43ClN2O6. The third kappa shape index (κ3) is 5.72. The van der Waals surface area contributed by atoms with Crippen molar-refractivity contribution in [1.82, 2.24) is 4.90 Å². The van der Waals surface area contributed by atoms with Gasteiger partial charge in [0.15, 0.2) is 5.60 Å². The summed E-state index contributed by atoms with van der Waals surface area (Å²) >= 11 is 6.41. The van der Waals surface area contributed by atoms with E-state index in [-0.39, 0.29) is 23.2 Å². The molecule has 1 fully saturated rings. The minimum Gasteiger partial charge on any atom is -0.490 e. The van der Waals surface area contributed by atoms with Crippen molar-refractivity contribution >= 4 is 29.2 Å². The Balaban J connectivity index is 1.46. The molecule has 2 aromatic rings. The number of allylic oxidation sites excluding steroid dienone is 1. The largest absolute Gasteiger partial charge is 0.490 e. The van der Waals surface area contributed by atoms with Crippen LogP contribution in [-0.4, -0.2) is 73.5 Å². The van der Waals surface area contributed by atoms with E-state index in [2.05, 4.69) is 17.0 Å². The zero-order chi connectivity index (χ0) is 31.1. The maximum atomic E-state index is 13.3. The number of hydrogen-bond acceptors (Lipinski definition) is 7. The van der Waals surface area contributed by atoms with Crippen LogP contribution in [0.2, 0.25) is 5.02 Å². The van der Waals surface area contributed by atoms with Gasteiger partial charge in [0, 0.05) is 37.1 Å². The molecule has 1 amide bonds. The summed E-state index contributed by atoms with van der Waals surface area (Å²) in [6, 6.07) is 11.4. The molecule has 2 N–H and O–H groups in total. The van der Waals surface area contributed by atoms with E-state index >= 15 is 0 Å². The molecule has 236 valence electrons. The molecule has 0 saturated heterocycles. The lowest BCUT2D eigenvalue weighted by Crippen LogP contribution is -2.49. The summed E-state index contributed by atoms with van der Waals surface area (Å²) in [7, 11) is 2.90. The maximum Gasteiger partial charge on any atom is 0.343 e. The molecule has 2 aromatic carbocycles. The molecule has 9 heteroatoms. The van der Waals surface area contributed by atoms with E-state index in [0.717, 1.165) is 42.8 Å². The Morgan fingerprint density at radius 3 is 2.77 bits per heavy atom. The molecule has 2 aliphatic heterocycles. The van der Waals surface area contributed by atoms with Crippen LogP contribution in [0, 0.1) is 11.8 Å². The van der Waals surface area contributed by atoms with E-state index in [1.807, 2.05) is 18.2 Å². The predicted octanol–water partition coefficient (Wildman–Crippen LogP) is 4.76. The lowest BCUT2D eigenvalue weighted by atomic mass is 9.68. The van der Waals surface area contributed by atoms with E-state index in [4.69, 9.17) is 21.1 Å². The van der Waals surface area contributed by atoms with E-state index in [0.29, 0.717) is 50.4 Å². The van der Waals surface area contributed by atoms with Crippen LogP contribution in [-0.2, 0) is 31.8 Å². The number of nitrogens with zero attached hydrogens (tertiary/aromatic N) is 2. The third-order valence-corrected chi connectivity index (χ3v) is 10.7. The Bertz CT molecular complexity index is 1450. The summed E-state index contributed by atoms with van der Waals surface area (Å²) in [6.45, 7) is 2.31. The highest BCUT2D eigenvalue weighted by atomic mass is 35.5. The number of aliphatic hydroxyl groups is 2. The number of aliphatic hydroxyl groups excluding tert-OH is 1. The molecule has 6 rings (SSSR count). The van der Waals surface area contributed by atoms with Gasteiger partial charge in [-0.15, -0.1) is 0 Å². The van der Waals surface area contributed by atoms with Crippen LogP contribution in [0.15, 0.2) is 48.6 Å². The van der Waals surface area contributed by atoms with Gasteiger partial charge in [-0.3, -0.25) is 4.79 Å². The van der Waals surface area contributed by atoms with Crippen molar-refractivity contribution < 1.29 is 29.3 Å². The molecule has 2 aliphatic carbocycles. The summed E-state index contributed by atoms with van der Waals surface area (Å²) in [5.41, 5.74) is 1.10. The molecule has 0 radical (unpaired) electrons. The average molecular weight is 623 g/mol. The fourth-order valence-corrected chi connectivity index (χ4v) is 7.88. The number of halogens is 1. The van der Waals surface area contributed by atoms with E-state index in [1.54, 1.807) is 25.2 Å². The van der Waals surface area contributed by atoms with Crippen molar-refractivity contribution in [1.29, 1.82) is 0 Å². The summed E-state index contributed by atoms with van der Waals surface area (Å²) in [4.78, 5) is 30.3. The smallest absolute Gasteiger partial charge is 0.343 e. The van der Waals surface area contributed by atoms with E-state index < -0.39 is 24.1 Å². The van der Waals surface area contributed by atoms with Crippen LogP contribution in [0.1, 0.15) is 61.6 Å². The van der Waals surface area contributed by atoms with Crippen LogP contribution in [0.25, 0.3) is 0 Å². The fourth-order valence-electron chi connectivity index (χ4n) is 7.69. The second-order valence-corrected chi connectivity index (χ2v) is 13.6. The third-order valence-electron chi connectivity index (χ3n) is 10.4. The Morgan fingerprint density at radius 1 is 1.16 bits per heavy atom. The van der Waals surface area contributed by atoms with Gasteiger partial charge in [-0.25, -0.2) is 4.79 Å². The van der Waals surface area contributed by atoms with Crippen molar-refractivity contribution in [2.75, 3.05) is 45.3 Å². The predicted molar refractivity (Wildman–Crippen MR) is 169 cm³/mol. The number of aryl methyl sites for hydroxylation is 1. The van der Waals surface area contributed by atoms with E-state index in [1.165, 1.54) is 23.1 Å². The van der Waals surface area contributed by atoms with Crippen LogP contribution >= 0.6 is 11.6 Å². The minimum atomic E-state index is -2.16. The second kappa shape index (κ2) is 12.4. The number of carbonyl (C=O) groups excluding carboxylic acids is 2. The van der Waals surface area contributed by atoms with Crippen LogP contribution < -0.4 is 9.64 Å². The molecule has 4 aliphatic rings. The Morgan fingerprint density at radius 2 is 2.00 bits per heavy atom. The number of methoxy groups -OCH3 is 1. The monoisotopic (exact) mass is 622 g/mol. The highest BCUT2D eigenvalue weighted by molar-refractivity contribution is 6.30. The number of rotatable bonds is 1. The molecule has 44 heavy (non-hydrogen) atoms. The molecule has 0 aromatic heterocycles. The van der Waals surface area contributed by atoms with Gasteiger partial charge >= 0.3 is 5.97 Å². The number of esters is 1. The van der Waals surface area contributed by atoms with Gasteiger partial charge in [0.05, 0.1) is 31.9 Å². The molecule has 0 unspecified atom stereocenters. The SMILES string of the molecule is COC(=O)[C@@]1(O)CC(=O)N(C)CCC/C=C/[C@H](O)[C@@H]2CC[C@H]2CN2C[C@@]3(CCCc4cc(Cl)ccc43)COc3ccc1cc32. The highest BCUT2D eigenvalue weighted by Gasteiger charge is 2.46. The number of ether oxygens (including phenoxy) is 2. The molecule has 8 nitrogen and oxygen atoms in total. The Kier molecular flexibility index (Phi) is 8.70. The van der Waals surface area contributed by atoms with E-state index in [9.17, 15) is 19.8 Å². The number of hydrogen-bond donors (Lipinski definition) is 2. The minimum absolute atomic E-state index is 0.141. The summed E-state index contributed by atoms with van der Waals surface area (Å²) in [6.07, 6.45) is 9.25. The maximum absolute atomic E-state index is 13.3. The van der Waals surface area contributed by atoms with Gasteiger partial charge in [0.25, 0.3) is 0 Å². The van der Waals surface area contributed by atoms with Gasteiger partial charge in [-0.1, -0.05) is 35.9 Å². The van der Waals surface area contributed by atoms with Gasteiger partial charge in [0.2, 0.25) is 5.91 Å². The van der Waals surface area contributed by atoms with Gasteiger partial charge in [-0.2, -0.15) is 0 Å². The zero-order valence-corrected chi connectivity index (χ0v) is 26.4. The highest BCUT2D eigenvalue weighted by Crippen LogP contribution is 2.47. The Hall–Kier alpha value is -3.07. The molecule has 2 heterocycles. The summed E-state index contributed by atoms with van der Waals surface area (Å²) in [5, 5.41) is 23.7. The molecule has 5 atom stereocenters. The lowest BCUT2D eigenvalue weighted by Gasteiger charge is -2.45. The first kappa shape index (κ1) is 30.9. The van der Waals surface area contributed by atoms with Crippen LogP contribution in [0.3, 0.4) is 0 Å². The number of fused-ring (bicyclic) bond motifs is 4. The number of benzene rings is 2. The number of carbonyl (C=O) groups is 2. The number of anilines is 1. The second-order valence-electron chi connectivity index (χ2n) is 13.2. The quantitative estimate of drug-likeness (QED) is 0.350. The van der Waals surface area contributed by atoms with Crippen molar-refractivity contribution in [2.24, 2.45) is 11.8 Å². The van der Waals surface area contributed by atoms with Gasteiger partial charge < -0.3 is 29.5 Å². The average Bonchev–Trinajstić information content (AvgIpc) is 3.14. The zero-order valence-electron chi connectivity index (χ0n) is 25.6. The topological polar surface area (TPSA) is 99.5 Å². The fraction of sp³-hybridized carbons (Fsp3) is 0.543. The first-order chi connectivity index (χ1) is 21.1. The summed E-state index contributed by atoms with van der Waals surface area (Å²) in [5.74, 6) is -0.168. The first-order valence-electron chi connectivity index (χ1n) is 15.8. The van der Waals surface area contributed by atoms with Crippen molar-refractivity contribution in [2.45, 2.75) is 68.5 Å². The summed E-state index contributed by atoms with van der Waals surface area (Å²) < 4.78 is 11.7. The normalized spacial score (nSPS) is 31.5. The van der Waals surface area contributed by atoms with Crippen molar-refractivity contribution in [3.63, 3.8) is 0 Å². The molecular weight excluding hydrogens is 580 g/mol. The lowest BCUT2D eigenvalue weighted by molar-refractivity contribution is -0.168. The van der Waals surface area contributed by atoms with Gasteiger partial charge in [-0.05, 0) is 97.7 Å². The van der Waals surface area contributed by atoms with Gasteiger partial charge in [0.1, 0.15) is 5.75 Å². The first-order valence-corrected chi connectivity index (χ1v) is 16.2.